The molecule has 0 aliphatic rings. The molecule has 0 fully saturated rings. The van der Waals surface area contributed by atoms with Gasteiger partial charge in [-0.2, -0.15) is 4.37 Å². The van der Waals surface area contributed by atoms with E-state index in [1.807, 2.05) is 0 Å². The lowest BCUT2D eigenvalue weighted by Crippen LogP contribution is -1.99. The van der Waals surface area contributed by atoms with Crippen molar-refractivity contribution in [1.82, 2.24) is 4.37 Å². The smallest absolute Gasteiger partial charge is 0.180 e. The Kier molecular flexibility index (Phi) is 1.65. The lowest BCUT2D eigenvalue weighted by atomic mass is 10.7. The van der Waals surface area contributed by atoms with Crippen LogP contribution in [-0.4, -0.2) is 19.0 Å². The van der Waals surface area contributed by atoms with Crippen LogP contribution in [0.15, 0.2) is 10.3 Å². The van der Waals surface area contributed by atoms with Crippen LogP contribution < -0.4 is 5.73 Å². The molecule has 0 atom stereocenters. The summed E-state index contributed by atoms with van der Waals surface area (Å²) in [7, 11) is -3.17. The number of nitrogens with zero attached hydrogens (tertiary/aromatic N) is 1. The van der Waals surface area contributed by atoms with Crippen molar-refractivity contribution in [3.05, 3.63) is 5.38 Å². The Hall–Kier alpha value is -0.620. The molecular formula is C4H6N2O2S2. The van der Waals surface area contributed by atoms with Crippen LogP contribution in [0.4, 0.5) is 5.82 Å². The fourth-order valence-corrected chi connectivity index (χ4v) is 2.31. The maximum Gasteiger partial charge on any atom is 0.180 e. The standard InChI is InChI=1S/C4H6N2O2S2/c1-10(7,8)3-2-9-6-4(3)5/h2H,1H3,(H2,5,6). The highest BCUT2D eigenvalue weighted by molar-refractivity contribution is 7.91. The molecule has 1 aromatic rings. The molecule has 0 saturated heterocycles. The number of sulfone groups is 1. The first-order valence-corrected chi connectivity index (χ1v) is 5.14. The average molecular weight is 178 g/mol. The van der Waals surface area contributed by atoms with Crippen LogP contribution in [0, 0.1) is 0 Å². The molecule has 4 nitrogen and oxygen atoms in total. The Morgan fingerprint density at radius 3 is 2.50 bits per heavy atom. The van der Waals surface area contributed by atoms with Crippen molar-refractivity contribution in [3.8, 4) is 0 Å². The van der Waals surface area contributed by atoms with Gasteiger partial charge in [-0.25, -0.2) is 8.42 Å². The van der Waals surface area contributed by atoms with Crippen molar-refractivity contribution >= 4 is 27.2 Å². The number of hydrogen-bond acceptors (Lipinski definition) is 5. The zero-order valence-electron chi connectivity index (χ0n) is 5.23. The third kappa shape index (κ3) is 1.27. The largest absolute Gasteiger partial charge is 0.382 e. The van der Waals surface area contributed by atoms with Gasteiger partial charge >= 0.3 is 0 Å². The quantitative estimate of drug-likeness (QED) is 0.663. The predicted molar refractivity (Wildman–Crippen MR) is 39.6 cm³/mol. The van der Waals surface area contributed by atoms with E-state index in [9.17, 15) is 8.42 Å². The number of hydrogen-bond donors (Lipinski definition) is 1. The minimum absolute atomic E-state index is 0.0903. The van der Waals surface area contributed by atoms with Gasteiger partial charge in [0.15, 0.2) is 15.7 Å². The molecule has 2 N–H and O–H groups in total. The second-order valence-corrected chi connectivity index (χ2v) is 4.45. The van der Waals surface area contributed by atoms with E-state index in [4.69, 9.17) is 5.73 Å². The van der Waals surface area contributed by atoms with Gasteiger partial charge in [0.05, 0.1) is 0 Å². The average Bonchev–Trinajstić information content (AvgIpc) is 2.11. The SMILES string of the molecule is CS(=O)(=O)c1csnc1N. The summed E-state index contributed by atoms with van der Waals surface area (Å²) >= 11 is 1.04. The van der Waals surface area contributed by atoms with Gasteiger partial charge in [0.1, 0.15) is 4.90 Å². The van der Waals surface area contributed by atoms with Crippen LogP contribution in [0.2, 0.25) is 0 Å². The summed E-state index contributed by atoms with van der Waals surface area (Å²) in [5.41, 5.74) is 5.25. The van der Waals surface area contributed by atoms with E-state index in [1.165, 1.54) is 5.38 Å². The summed E-state index contributed by atoms with van der Waals surface area (Å²) in [5, 5.41) is 1.42. The van der Waals surface area contributed by atoms with E-state index >= 15 is 0 Å². The zero-order valence-corrected chi connectivity index (χ0v) is 6.87. The highest BCUT2D eigenvalue weighted by Gasteiger charge is 2.12. The van der Waals surface area contributed by atoms with Crippen molar-refractivity contribution in [2.24, 2.45) is 0 Å². The lowest BCUT2D eigenvalue weighted by Gasteiger charge is -1.90. The first kappa shape index (κ1) is 7.49. The molecule has 0 bridgehead atoms. The third-order valence-electron chi connectivity index (χ3n) is 0.963. The monoisotopic (exact) mass is 178 g/mol. The topological polar surface area (TPSA) is 73.0 Å². The van der Waals surface area contributed by atoms with Gasteiger partial charge < -0.3 is 5.73 Å². The van der Waals surface area contributed by atoms with Gasteiger partial charge in [-0.3, -0.25) is 0 Å². The van der Waals surface area contributed by atoms with Gasteiger partial charge in [0.25, 0.3) is 0 Å². The molecule has 0 spiro atoms. The second-order valence-electron chi connectivity index (χ2n) is 1.84. The molecule has 1 rings (SSSR count). The number of nitrogens with two attached hydrogens (primary N) is 1. The van der Waals surface area contributed by atoms with Crippen molar-refractivity contribution < 1.29 is 8.42 Å². The molecule has 0 radical (unpaired) electrons. The number of rotatable bonds is 1. The van der Waals surface area contributed by atoms with E-state index in [0.29, 0.717) is 0 Å². The summed E-state index contributed by atoms with van der Waals surface area (Å²) in [6, 6.07) is 0. The summed E-state index contributed by atoms with van der Waals surface area (Å²) < 4.78 is 25.2. The van der Waals surface area contributed by atoms with Gasteiger partial charge in [-0.15, -0.1) is 0 Å². The van der Waals surface area contributed by atoms with Crippen molar-refractivity contribution in [1.29, 1.82) is 0 Å². The summed E-state index contributed by atoms with van der Waals surface area (Å²) in [6.45, 7) is 0. The summed E-state index contributed by atoms with van der Waals surface area (Å²) in [5.74, 6) is 0.0903. The van der Waals surface area contributed by atoms with Crippen LogP contribution in [0.3, 0.4) is 0 Å². The van der Waals surface area contributed by atoms with Gasteiger partial charge in [0, 0.05) is 11.6 Å². The van der Waals surface area contributed by atoms with Gasteiger partial charge in [0.2, 0.25) is 0 Å². The fourth-order valence-electron chi connectivity index (χ4n) is 0.514. The van der Waals surface area contributed by atoms with Gasteiger partial charge in [-0.1, -0.05) is 0 Å². The Morgan fingerprint density at radius 1 is 1.70 bits per heavy atom. The third-order valence-corrected chi connectivity index (χ3v) is 2.88. The molecule has 0 saturated carbocycles. The van der Waals surface area contributed by atoms with Crippen LogP contribution in [0.1, 0.15) is 0 Å². The summed E-state index contributed by atoms with van der Waals surface area (Å²) in [4.78, 5) is 0.123. The van der Waals surface area contributed by atoms with Crippen molar-refractivity contribution in [3.63, 3.8) is 0 Å². The zero-order chi connectivity index (χ0) is 7.78. The fraction of sp³-hybridized carbons (Fsp3) is 0.250. The van der Waals surface area contributed by atoms with Crippen LogP contribution in [-0.2, 0) is 9.84 Å². The van der Waals surface area contributed by atoms with E-state index in [2.05, 4.69) is 4.37 Å². The molecule has 0 unspecified atom stereocenters. The van der Waals surface area contributed by atoms with E-state index in [-0.39, 0.29) is 10.7 Å². The molecule has 6 heteroatoms. The Morgan fingerprint density at radius 2 is 2.30 bits per heavy atom. The van der Waals surface area contributed by atoms with E-state index < -0.39 is 9.84 Å². The maximum absolute atomic E-state index is 10.8. The lowest BCUT2D eigenvalue weighted by molar-refractivity contribution is 0.602. The Labute approximate surface area is 62.8 Å². The minimum atomic E-state index is -3.17. The molecule has 0 aliphatic carbocycles. The van der Waals surface area contributed by atoms with Crippen molar-refractivity contribution in [2.45, 2.75) is 4.90 Å². The van der Waals surface area contributed by atoms with E-state index in [1.54, 1.807) is 0 Å². The summed E-state index contributed by atoms with van der Waals surface area (Å²) in [6.07, 6.45) is 1.10. The first-order valence-electron chi connectivity index (χ1n) is 2.41. The maximum atomic E-state index is 10.8. The van der Waals surface area contributed by atoms with E-state index in [0.717, 1.165) is 17.8 Å². The van der Waals surface area contributed by atoms with Crippen molar-refractivity contribution in [2.75, 3.05) is 12.0 Å². The Balaban J connectivity index is 3.32. The minimum Gasteiger partial charge on any atom is -0.382 e. The molecule has 10 heavy (non-hydrogen) atoms. The highest BCUT2D eigenvalue weighted by atomic mass is 32.2. The van der Waals surface area contributed by atoms with Crippen LogP contribution in [0.25, 0.3) is 0 Å². The molecule has 0 amide bonds. The molecule has 0 aromatic carbocycles. The molecule has 56 valence electrons. The molecule has 1 heterocycles. The van der Waals surface area contributed by atoms with Crippen LogP contribution in [0.5, 0.6) is 0 Å². The number of anilines is 1. The number of aromatic nitrogens is 1. The molecular weight excluding hydrogens is 172 g/mol. The predicted octanol–water partition coefficient (Wildman–Crippen LogP) is 0.129. The normalized spacial score (nSPS) is 11.7. The highest BCUT2D eigenvalue weighted by Crippen LogP contribution is 2.17. The first-order chi connectivity index (χ1) is 4.52. The Bertz CT molecular complexity index is 327. The van der Waals surface area contributed by atoms with Gasteiger partial charge in [-0.05, 0) is 11.5 Å². The second kappa shape index (κ2) is 2.21. The number of nitrogen functional groups attached to an aromatic ring is 1. The van der Waals surface area contributed by atoms with Crippen LogP contribution >= 0.6 is 11.5 Å². The molecule has 0 aliphatic heterocycles. The molecule has 1 aromatic heterocycles.